The molecule has 2 aromatic carbocycles. The molecule has 0 atom stereocenters. The van der Waals surface area contributed by atoms with Gasteiger partial charge in [0.1, 0.15) is 0 Å². The summed E-state index contributed by atoms with van der Waals surface area (Å²) >= 11 is 5.98. The van der Waals surface area contributed by atoms with Crippen molar-refractivity contribution in [3.8, 4) is 11.1 Å². The monoisotopic (exact) mass is 231 g/mol. The molecule has 16 heavy (non-hydrogen) atoms. The number of benzene rings is 2. The molecule has 2 aromatic rings. The minimum Gasteiger partial charge on any atom is -0.326 e. The average molecular weight is 232 g/mol. The third kappa shape index (κ3) is 2.43. The molecule has 0 aliphatic heterocycles. The van der Waals surface area contributed by atoms with E-state index >= 15 is 0 Å². The zero-order chi connectivity index (χ0) is 11.5. The lowest BCUT2D eigenvalue weighted by Crippen LogP contribution is -1.97. The number of aryl methyl sites for hydroxylation is 1. The second kappa shape index (κ2) is 4.69. The molecule has 0 saturated heterocycles. The van der Waals surface area contributed by atoms with E-state index in [1.165, 1.54) is 11.1 Å². The smallest absolute Gasteiger partial charge is 0.0412 e. The Bertz CT molecular complexity index is 506. The number of halogens is 1. The van der Waals surface area contributed by atoms with Crippen LogP contribution in [0.5, 0.6) is 0 Å². The highest BCUT2D eigenvalue weighted by Crippen LogP contribution is 2.24. The van der Waals surface area contributed by atoms with Gasteiger partial charge in [-0.25, -0.2) is 0 Å². The van der Waals surface area contributed by atoms with Crippen molar-refractivity contribution >= 4 is 11.6 Å². The van der Waals surface area contributed by atoms with Gasteiger partial charge in [0, 0.05) is 11.6 Å². The fourth-order valence-corrected chi connectivity index (χ4v) is 2.01. The summed E-state index contributed by atoms with van der Waals surface area (Å²) in [4.78, 5) is 0. The van der Waals surface area contributed by atoms with E-state index < -0.39 is 0 Å². The molecule has 2 N–H and O–H groups in total. The maximum atomic E-state index is 5.98. The minimum atomic E-state index is 0.565. The van der Waals surface area contributed by atoms with Crippen molar-refractivity contribution in [3.05, 3.63) is 58.6 Å². The Morgan fingerprint density at radius 2 is 1.88 bits per heavy atom. The normalized spacial score (nSPS) is 10.4. The Hall–Kier alpha value is -1.31. The van der Waals surface area contributed by atoms with Crippen molar-refractivity contribution in [1.29, 1.82) is 0 Å². The molecular weight excluding hydrogens is 218 g/mol. The van der Waals surface area contributed by atoms with Gasteiger partial charge < -0.3 is 5.73 Å². The molecule has 0 heterocycles. The fourth-order valence-electron chi connectivity index (χ4n) is 1.82. The van der Waals surface area contributed by atoms with Crippen molar-refractivity contribution in [3.63, 3.8) is 0 Å². The van der Waals surface area contributed by atoms with Crippen LogP contribution in [0.2, 0.25) is 5.02 Å². The van der Waals surface area contributed by atoms with Crippen molar-refractivity contribution in [2.75, 3.05) is 0 Å². The van der Waals surface area contributed by atoms with E-state index in [-0.39, 0.29) is 0 Å². The molecule has 0 fully saturated rings. The van der Waals surface area contributed by atoms with Crippen LogP contribution >= 0.6 is 11.6 Å². The fraction of sp³-hybridized carbons (Fsp3) is 0.143. The molecule has 1 nitrogen and oxygen atoms in total. The van der Waals surface area contributed by atoms with Crippen LogP contribution in [-0.4, -0.2) is 0 Å². The molecule has 0 aromatic heterocycles. The van der Waals surface area contributed by atoms with Crippen molar-refractivity contribution in [2.45, 2.75) is 13.5 Å². The first kappa shape index (κ1) is 11.2. The van der Waals surface area contributed by atoms with Crippen LogP contribution in [-0.2, 0) is 6.54 Å². The van der Waals surface area contributed by atoms with Gasteiger partial charge >= 0.3 is 0 Å². The maximum absolute atomic E-state index is 5.98. The summed E-state index contributed by atoms with van der Waals surface area (Å²) in [6.07, 6.45) is 0. The first-order chi connectivity index (χ1) is 7.69. The summed E-state index contributed by atoms with van der Waals surface area (Å²) in [5.41, 5.74) is 10.3. The maximum Gasteiger partial charge on any atom is 0.0412 e. The van der Waals surface area contributed by atoms with Gasteiger partial charge in [-0.2, -0.15) is 0 Å². The van der Waals surface area contributed by atoms with E-state index in [0.717, 1.165) is 16.1 Å². The lowest BCUT2D eigenvalue weighted by atomic mass is 10.0. The number of hydrogen-bond acceptors (Lipinski definition) is 1. The predicted molar refractivity (Wildman–Crippen MR) is 69.5 cm³/mol. The summed E-state index contributed by atoms with van der Waals surface area (Å²) in [5.74, 6) is 0. The first-order valence-electron chi connectivity index (χ1n) is 5.25. The molecule has 82 valence electrons. The van der Waals surface area contributed by atoms with Gasteiger partial charge in [0.15, 0.2) is 0 Å². The molecule has 0 unspecified atom stereocenters. The summed E-state index contributed by atoms with van der Waals surface area (Å²) in [7, 11) is 0. The molecule has 0 saturated carbocycles. The van der Waals surface area contributed by atoms with Crippen LogP contribution in [0.4, 0.5) is 0 Å². The summed E-state index contributed by atoms with van der Waals surface area (Å²) < 4.78 is 0. The Balaban J connectivity index is 2.51. The molecule has 0 spiro atoms. The van der Waals surface area contributed by atoms with Crippen LogP contribution in [0.25, 0.3) is 11.1 Å². The third-order valence-electron chi connectivity index (χ3n) is 2.53. The molecule has 0 radical (unpaired) electrons. The number of hydrogen-bond donors (Lipinski definition) is 1. The molecule has 0 aliphatic rings. The summed E-state index contributed by atoms with van der Waals surface area (Å²) in [6.45, 7) is 2.64. The highest BCUT2D eigenvalue weighted by atomic mass is 35.5. The van der Waals surface area contributed by atoms with Gasteiger partial charge in [0.2, 0.25) is 0 Å². The van der Waals surface area contributed by atoms with E-state index in [9.17, 15) is 0 Å². The van der Waals surface area contributed by atoms with Crippen molar-refractivity contribution in [1.82, 2.24) is 0 Å². The van der Waals surface area contributed by atoms with E-state index in [1.54, 1.807) is 0 Å². The van der Waals surface area contributed by atoms with Gasteiger partial charge in [-0.05, 0) is 41.8 Å². The van der Waals surface area contributed by atoms with E-state index in [1.807, 2.05) is 18.2 Å². The molecule has 0 amide bonds. The van der Waals surface area contributed by atoms with Gasteiger partial charge in [-0.3, -0.25) is 0 Å². The van der Waals surface area contributed by atoms with Crippen LogP contribution in [0, 0.1) is 6.92 Å². The quantitative estimate of drug-likeness (QED) is 0.837. The van der Waals surface area contributed by atoms with Crippen LogP contribution < -0.4 is 5.73 Å². The molecule has 2 heteroatoms. The summed E-state index contributed by atoms with van der Waals surface area (Å²) in [6, 6.07) is 14.2. The standard InChI is InChI=1S/C14H14ClN/c1-10-5-11(9-16)7-13(6-10)12-3-2-4-14(15)8-12/h2-8H,9,16H2,1H3. The molecular formula is C14H14ClN. The largest absolute Gasteiger partial charge is 0.326 e. The highest BCUT2D eigenvalue weighted by Gasteiger charge is 2.01. The molecule has 2 rings (SSSR count). The Kier molecular flexibility index (Phi) is 3.28. The van der Waals surface area contributed by atoms with Gasteiger partial charge in [0.25, 0.3) is 0 Å². The van der Waals surface area contributed by atoms with Crippen LogP contribution in [0.3, 0.4) is 0 Å². The topological polar surface area (TPSA) is 26.0 Å². The number of rotatable bonds is 2. The summed E-state index contributed by atoms with van der Waals surface area (Å²) in [5, 5.41) is 0.758. The van der Waals surface area contributed by atoms with Gasteiger partial charge in [-0.1, -0.05) is 41.4 Å². The third-order valence-corrected chi connectivity index (χ3v) is 2.77. The van der Waals surface area contributed by atoms with Crippen molar-refractivity contribution in [2.24, 2.45) is 5.73 Å². The average Bonchev–Trinajstić information content (AvgIpc) is 2.28. The lowest BCUT2D eigenvalue weighted by Gasteiger charge is -2.06. The van der Waals surface area contributed by atoms with Crippen LogP contribution in [0.1, 0.15) is 11.1 Å². The SMILES string of the molecule is Cc1cc(CN)cc(-c2cccc(Cl)c2)c1. The Labute approximate surface area is 101 Å². The zero-order valence-electron chi connectivity index (χ0n) is 9.20. The molecule has 0 bridgehead atoms. The van der Waals surface area contributed by atoms with Crippen molar-refractivity contribution < 1.29 is 0 Å². The minimum absolute atomic E-state index is 0.565. The molecule has 0 aliphatic carbocycles. The second-order valence-corrected chi connectivity index (χ2v) is 4.36. The van der Waals surface area contributed by atoms with E-state index in [0.29, 0.717) is 6.54 Å². The predicted octanol–water partition coefficient (Wildman–Crippen LogP) is 3.77. The van der Waals surface area contributed by atoms with Gasteiger partial charge in [-0.15, -0.1) is 0 Å². The first-order valence-corrected chi connectivity index (χ1v) is 5.63. The number of nitrogens with two attached hydrogens (primary N) is 1. The van der Waals surface area contributed by atoms with Gasteiger partial charge in [0.05, 0.1) is 0 Å². The van der Waals surface area contributed by atoms with E-state index in [2.05, 4.69) is 31.2 Å². The van der Waals surface area contributed by atoms with Crippen LogP contribution in [0.15, 0.2) is 42.5 Å². The Morgan fingerprint density at radius 3 is 2.56 bits per heavy atom. The lowest BCUT2D eigenvalue weighted by molar-refractivity contribution is 1.07. The zero-order valence-corrected chi connectivity index (χ0v) is 9.96. The second-order valence-electron chi connectivity index (χ2n) is 3.92. The highest BCUT2D eigenvalue weighted by molar-refractivity contribution is 6.30. The van der Waals surface area contributed by atoms with E-state index in [4.69, 9.17) is 17.3 Å². The Morgan fingerprint density at radius 1 is 1.06 bits per heavy atom.